The zero-order chi connectivity index (χ0) is 8.55. The van der Waals surface area contributed by atoms with Gasteiger partial charge in [-0.2, -0.15) is 0 Å². The second-order valence-corrected chi connectivity index (χ2v) is 2.91. The molecule has 4 heteroatoms. The molecular weight excluding hydrogens is 176 g/mol. The third-order valence-electron chi connectivity index (χ3n) is 1.70. The highest BCUT2D eigenvalue weighted by Crippen LogP contribution is 2.21. The fourth-order valence-corrected chi connectivity index (χ4v) is 1.28. The predicted molar refractivity (Wildman–Crippen MR) is 46.9 cm³/mol. The Balaban J connectivity index is 2.75. The van der Waals surface area contributed by atoms with E-state index in [0.29, 0.717) is 11.6 Å². The van der Waals surface area contributed by atoms with Gasteiger partial charge in [0.15, 0.2) is 5.58 Å². The van der Waals surface area contributed by atoms with Gasteiger partial charge in [0.05, 0.1) is 0 Å². The van der Waals surface area contributed by atoms with Crippen LogP contribution in [0.25, 0.3) is 11.0 Å². The molecule has 0 unspecified atom stereocenters. The van der Waals surface area contributed by atoms with Gasteiger partial charge in [0.1, 0.15) is 5.69 Å². The number of benzene rings is 1. The molecule has 1 aromatic heterocycles. The van der Waals surface area contributed by atoms with E-state index in [2.05, 4.69) is 5.16 Å². The first-order chi connectivity index (χ1) is 5.81. The molecule has 0 aliphatic heterocycles. The smallest absolute Gasteiger partial charge is 0.167 e. The molecule has 0 aliphatic carbocycles. The average Bonchev–Trinajstić information content (AvgIpc) is 2.46. The van der Waals surface area contributed by atoms with E-state index in [4.69, 9.17) is 21.9 Å². The maximum atomic E-state index is 5.79. The molecule has 1 heterocycles. The lowest BCUT2D eigenvalue weighted by atomic mass is 10.2. The van der Waals surface area contributed by atoms with Crippen LogP contribution in [0.5, 0.6) is 0 Å². The summed E-state index contributed by atoms with van der Waals surface area (Å²) in [5.74, 6) is 0. The van der Waals surface area contributed by atoms with Crippen LogP contribution in [-0.4, -0.2) is 5.16 Å². The number of aromatic nitrogens is 1. The van der Waals surface area contributed by atoms with Crippen molar-refractivity contribution in [3.8, 4) is 0 Å². The lowest BCUT2D eigenvalue weighted by Crippen LogP contribution is -1.96. The first kappa shape index (κ1) is 7.58. The molecular formula is C8H7ClN2O. The minimum absolute atomic E-state index is 0.368. The Bertz CT molecular complexity index is 410. The van der Waals surface area contributed by atoms with Crippen LogP contribution in [0.3, 0.4) is 0 Å². The summed E-state index contributed by atoms with van der Waals surface area (Å²) in [4.78, 5) is 0. The topological polar surface area (TPSA) is 52.0 Å². The number of nitrogens with zero attached hydrogens (tertiary/aromatic N) is 1. The molecule has 1 aromatic carbocycles. The summed E-state index contributed by atoms with van der Waals surface area (Å²) in [6, 6.07) is 5.34. The maximum Gasteiger partial charge on any atom is 0.167 e. The normalized spacial score (nSPS) is 10.8. The standard InChI is InChI=1S/C8H7ClN2O/c9-5-1-2-8-6(3-5)7(4-10)11-12-8/h1-3H,4,10H2. The second-order valence-electron chi connectivity index (χ2n) is 2.47. The molecule has 0 aliphatic rings. The summed E-state index contributed by atoms with van der Waals surface area (Å²) in [5.41, 5.74) is 6.91. The van der Waals surface area contributed by atoms with Gasteiger partial charge in [-0.3, -0.25) is 0 Å². The molecule has 0 amide bonds. The Morgan fingerprint density at radius 2 is 2.33 bits per heavy atom. The molecule has 0 radical (unpaired) electrons. The molecule has 2 rings (SSSR count). The van der Waals surface area contributed by atoms with Crippen molar-refractivity contribution >= 4 is 22.6 Å². The number of rotatable bonds is 1. The van der Waals surface area contributed by atoms with Crippen molar-refractivity contribution in [3.05, 3.63) is 28.9 Å². The van der Waals surface area contributed by atoms with E-state index < -0.39 is 0 Å². The van der Waals surface area contributed by atoms with E-state index in [9.17, 15) is 0 Å². The lowest BCUT2D eigenvalue weighted by Gasteiger charge is -1.89. The SMILES string of the molecule is NCc1noc2ccc(Cl)cc12. The van der Waals surface area contributed by atoms with E-state index >= 15 is 0 Å². The average molecular weight is 183 g/mol. The second kappa shape index (κ2) is 2.77. The van der Waals surface area contributed by atoms with Crippen LogP contribution < -0.4 is 5.73 Å². The highest BCUT2D eigenvalue weighted by Gasteiger charge is 2.05. The molecule has 0 saturated carbocycles. The van der Waals surface area contributed by atoms with Gasteiger partial charge >= 0.3 is 0 Å². The van der Waals surface area contributed by atoms with Crippen molar-refractivity contribution in [2.24, 2.45) is 5.73 Å². The summed E-state index contributed by atoms with van der Waals surface area (Å²) in [6.07, 6.45) is 0. The van der Waals surface area contributed by atoms with E-state index in [1.165, 1.54) is 0 Å². The largest absolute Gasteiger partial charge is 0.356 e. The van der Waals surface area contributed by atoms with Gasteiger partial charge in [-0.05, 0) is 18.2 Å². The molecule has 3 nitrogen and oxygen atoms in total. The summed E-state index contributed by atoms with van der Waals surface area (Å²) in [5, 5.41) is 5.36. The van der Waals surface area contributed by atoms with E-state index in [1.54, 1.807) is 18.2 Å². The third kappa shape index (κ3) is 1.07. The summed E-state index contributed by atoms with van der Waals surface area (Å²) in [6.45, 7) is 0.368. The molecule has 12 heavy (non-hydrogen) atoms. The van der Waals surface area contributed by atoms with Crippen LogP contribution in [0, 0.1) is 0 Å². The zero-order valence-electron chi connectivity index (χ0n) is 6.25. The molecule has 0 atom stereocenters. The Morgan fingerprint density at radius 1 is 1.50 bits per heavy atom. The molecule has 2 N–H and O–H groups in total. The van der Waals surface area contributed by atoms with Crippen LogP contribution in [0.4, 0.5) is 0 Å². The van der Waals surface area contributed by atoms with E-state index in [1.807, 2.05) is 0 Å². The Labute approximate surface area is 74.1 Å². The lowest BCUT2D eigenvalue weighted by molar-refractivity contribution is 0.446. The fourth-order valence-electron chi connectivity index (χ4n) is 1.11. The Morgan fingerprint density at radius 3 is 3.08 bits per heavy atom. The van der Waals surface area contributed by atoms with Crippen molar-refractivity contribution in [1.82, 2.24) is 5.16 Å². The van der Waals surface area contributed by atoms with Gasteiger partial charge in [0.2, 0.25) is 0 Å². The van der Waals surface area contributed by atoms with Crippen LogP contribution >= 0.6 is 11.6 Å². The number of hydrogen-bond acceptors (Lipinski definition) is 3. The maximum absolute atomic E-state index is 5.79. The van der Waals surface area contributed by atoms with Gasteiger partial charge in [0.25, 0.3) is 0 Å². The minimum atomic E-state index is 0.368. The predicted octanol–water partition coefficient (Wildman–Crippen LogP) is 1.94. The van der Waals surface area contributed by atoms with Gasteiger partial charge in [-0.25, -0.2) is 0 Å². The fraction of sp³-hybridized carbons (Fsp3) is 0.125. The van der Waals surface area contributed by atoms with Gasteiger partial charge < -0.3 is 10.3 Å². The molecule has 62 valence electrons. The molecule has 2 aromatic rings. The molecule has 0 saturated heterocycles. The van der Waals surface area contributed by atoms with Crippen LogP contribution in [0.1, 0.15) is 5.69 Å². The van der Waals surface area contributed by atoms with Crippen LogP contribution in [0.15, 0.2) is 22.7 Å². The zero-order valence-corrected chi connectivity index (χ0v) is 7.01. The number of halogens is 1. The first-order valence-electron chi connectivity index (χ1n) is 3.55. The minimum Gasteiger partial charge on any atom is -0.356 e. The van der Waals surface area contributed by atoms with Crippen molar-refractivity contribution in [2.45, 2.75) is 6.54 Å². The number of hydrogen-bond donors (Lipinski definition) is 1. The van der Waals surface area contributed by atoms with Crippen molar-refractivity contribution in [2.75, 3.05) is 0 Å². The molecule has 0 bridgehead atoms. The first-order valence-corrected chi connectivity index (χ1v) is 3.93. The van der Waals surface area contributed by atoms with Gasteiger partial charge in [0, 0.05) is 17.0 Å². The number of nitrogens with two attached hydrogens (primary N) is 1. The summed E-state index contributed by atoms with van der Waals surface area (Å²) < 4.78 is 5.01. The summed E-state index contributed by atoms with van der Waals surface area (Å²) in [7, 11) is 0. The Kier molecular flexibility index (Phi) is 1.75. The highest BCUT2D eigenvalue weighted by atomic mass is 35.5. The van der Waals surface area contributed by atoms with Gasteiger partial charge in [-0.15, -0.1) is 0 Å². The quantitative estimate of drug-likeness (QED) is 0.734. The van der Waals surface area contributed by atoms with Crippen molar-refractivity contribution in [3.63, 3.8) is 0 Å². The number of fused-ring (bicyclic) bond motifs is 1. The van der Waals surface area contributed by atoms with E-state index in [-0.39, 0.29) is 0 Å². The summed E-state index contributed by atoms with van der Waals surface area (Å²) >= 11 is 5.79. The van der Waals surface area contributed by atoms with Gasteiger partial charge in [-0.1, -0.05) is 16.8 Å². The van der Waals surface area contributed by atoms with E-state index in [0.717, 1.165) is 16.7 Å². The van der Waals surface area contributed by atoms with Crippen molar-refractivity contribution < 1.29 is 4.52 Å². The molecule has 0 spiro atoms. The Hall–Kier alpha value is -1.06. The molecule has 0 fully saturated rings. The van der Waals surface area contributed by atoms with Crippen molar-refractivity contribution in [1.29, 1.82) is 0 Å². The van der Waals surface area contributed by atoms with Crippen LogP contribution in [-0.2, 0) is 6.54 Å². The highest BCUT2D eigenvalue weighted by molar-refractivity contribution is 6.31. The third-order valence-corrected chi connectivity index (χ3v) is 1.94. The monoisotopic (exact) mass is 182 g/mol. The van der Waals surface area contributed by atoms with Crippen LogP contribution in [0.2, 0.25) is 5.02 Å².